The number of halogens is 2. The predicted octanol–water partition coefficient (Wildman–Crippen LogP) is 18.7. The number of carbonyl (C=O) groups excluding carboxylic acids is 6. The summed E-state index contributed by atoms with van der Waals surface area (Å²) in [7, 11) is 0. The van der Waals surface area contributed by atoms with Gasteiger partial charge in [-0.25, -0.2) is 9.69 Å². The first-order chi connectivity index (χ1) is 56.8. The van der Waals surface area contributed by atoms with Gasteiger partial charge in [-0.05, 0) is 260 Å². The molecular weight excluding hydrogens is 1500 g/mol. The maximum absolute atomic E-state index is 13.6. The molecule has 0 spiro atoms. The molecule has 22 heteroatoms. The van der Waals surface area contributed by atoms with Crippen molar-refractivity contribution < 1.29 is 28.8 Å². The Morgan fingerprint density at radius 3 is 1.02 bits per heavy atom. The molecule has 3 N–H and O–H groups in total. The van der Waals surface area contributed by atoms with E-state index in [4.69, 9.17) is 52.0 Å². The largest absolute Gasteiger partial charge is 0.370 e. The number of nitrogens with zero attached hydrogens (tertiary/aromatic N) is 12. The third-order valence-corrected chi connectivity index (χ3v) is 23.3. The summed E-state index contributed by atoms with van der Waals surface area (Å²) in [5.74, 6) is 0.192. The number of ketones is 4. The second kappa shape index (κ2) is 39.2. The molecule has 4 saturated heterocycles. The molecular formula is C95H102Cl2N14O6. The number of aryl methyl sites for hydroxylation is 2. The van der Waals surface area contributed by atoms with Gasteiger partial charge in [0.2, 0.25) is 11.8 Å². The molecule has 602 valence electrons. The van der Waals surface area contributed by atoms with Gasteiger partial charge in [0.15, 0.2) is 34.5 Å². The fourth-order valence-electron chi connectivity index (χ4n) is 17.1. The van der Waals surface area contributed by atoms with Gasteiger partial charge < -0.3 is 29.3 Å². The highest BCUT2D eigenvalue weighted by Gasteiger charge is 2.30. The highest BCUT2D eigenvalue weighted by Crippen LogP contribution is 2.36. The fourth-order valence-corrected chi connectivity index (χ4v) is 17.3. The number of amides is 2. The molecule has 6 aromatic heterocycles. The number of likely N-dealkylation sites (tertiary alicyclic amines) is 4. The van der Waals surface area contributed by atoms with Crippen molar-refractivity contribution in [3.05, 3.63) is 259 Å². The molecule has 0 aliphatic carbocycles. The summed E-state index contributed by atoms with van der Waals surface area (Å²) in [6.07, 6.45) is 14.5. The predicted molar refractivity (Wildman–Crippen MR) is 469 cm³/mol. The van der Waals surface area contributed by atoms with Crippen molar-refractivity contribution in [3.8, 4) is 22.7 Å². The number of piperidine rings is 3. The number of nitrogens with two attached hydrogens (primary N) is 1. The van der Waals surface area contributed by atoms with Crippen LogP contribution in [0.1, 0.15) is 166 Å². The van der Waals surface area contributed by atoms with E-state index in [1.54, 1.807) is 24.3 Å². The van der Waals surface area contributed by atoms with Crippen LogP contribution in [0.2, 0.25) is 10.0 Å². The van der Waals surface area contributed by atoms with Crippen molar-refractivity contribution in [2.75, 3.05) is 85.1 Å². The van der Waals surface area contributed by atoms with Crippen molar-refractivity contribution in [1.82, 2.24) is 53.2 Å². The third-order valence-electron chi connectivity index (χ3n) is 22.8. The Morgan fingerprint density at radius 2 is 0.684 bits per heavy atom. The van der Waals surface area contributed by atoms with Crippen LogP contribution in [0.4, 0.5) is 11.4 Å². The molecule has 0 unspecified atom stereocenters. The van der Waals surface area contributed by atoms with Gasteiger partial charge in [-0.1, -0.05) is 103 Å². The second-order valence-electron chi connectivity index (χ2n) is 30.9. The highest BCUT2D eigenvalue weighted by molar-refractivity contribution is 6.31. The molecule has 117 heavy (non-hydrogen) atoms. The fraction of sp³-hybridized carbons (Fsp3) is 0.347. The molecule has 20 nitrogen and oxygen atoms in total. The lowest BCUT2D eigenvalue weighted by molar-refractivity contribution is -0.121. The van der Waals surface area contributed by atoms with E-state index in [0.29, 0.717) is 95.6 Å². The number of fused-ring (bicyclic) bond motifs is 4. The number of Topliss-reactive ketones (excluding diaryl/α,β-unsaturated/α-hetero) is 4. The van der Waals surface area contributed by atoms with E-state index in [9.17, 15) is 28.8 Å². The van der Waals surface area contributed by atoms with E-state index >= 15 is 0 Å². The standard InChI is InChI=1S/C27H31N5O2.C25H27N5O2.C22H23ClN2O.C21H21ClN2O/c1-4-29-25(34)15-11-21-10-14-23-27(30-21)26(24(33)18-31-16-6-5-7-17-31)19(2)32(23)22-12-8-20(28-3)9-13-22;1-17-24(22(31)16-29-14-4-3-5-15-29)25-21(12-8-19(28-25)9-13-23(26)32)30(17)20-10-6-18(27-2)7-11-20;1-16-22(21(26)15-24-13-5-2-6-14-24)19-7-3-4-8-20(19)25(16)18-11-9-17(23)10-12-18;1-15-21(20(25)14-23-12-4-5-13-23)18-6-2-3-7-19(18)24(15)17-10-8-16(22)9-11-17/h8-10,12-14H,4-7,11,15-18H2,1-2H3,(H,29,34);6-8,10-12H,3-5,9,13-16H2,1H3,(H2,26,32);3-4,7-12H,2,5-6,13-15H2,1H3;2-3,6-11H,4-5,12-14H2,1H3. The summed E-state index contributed by atoms with van der Waals surface area (Å²) < 4.78 is 8.39. The lowest BCUT2D eigenvalue weighted by atomic mass is 10.0. The topological polar surface area (TPSA) is 208 Å². The Hall–Kier alpha value is -11.2. The van der Waals surface area contributed by atoms with Gasteiger partial charge in [-0.2, -0.15) is 0 Å². The van der Waals surface area contributed by atoms with Crippen LogP contribution in [0.15, 0.2) is 170 Å². The van der Waals surface area contributed by atoms with Crippen molar-refractivity contribution in [1.29, 1.82) is 0 Å². The van der Waals surface area contributed by atoms with Crippen LogP contribution in [0.3, 0.4) is 0 Å². The van der Waals surface area contributed by atoms with Crippen LogP contribution >= 0.6 is 23.2 Å². The molecule has 0 bridgehead atoms. The van der Waals surface area contributed by atoms with Gasteiger partial charge in [-0.3, -0.25) is 58.3 Å². The maximum atomic E-state index is 13.6. The van der Waals surface area contributed by atoms with Gasteiger partial charge in [0, 0.05) is 108 Å². The molecule has 0 atom stereocenters. The van der Waals surface area contributed by atoms with Gasteiger partial charge in [-0.15, -0.1) is 0 Å². The lowest BCUT2D eigenvalue weighted by Crippen LogP contribution is -2.34. The zero-order chi connectivity index (χ0) is 82.2. The molecule has 2 amide bonds. The first-order valence-electron chi connectivity index (χ1n) is 41.1. The molecule has 4 aliphatic rings. The zero-order valence-electron chi connectivity index (χ0n) is 67.6. The van der Waals surface area contributed by atoms with Gasteiger partial charge >= 0.3 is 0 Å². The number of hydrogen-bond donors (Lipinski definition) is 2. The number of nitrogens with one attached hydrogen (secondary N) is 1. The van der Waals surface area contributed by atoms with Crippen LogP contribution in [0.5, 0.6) is 0 Å². The summed E-state index contributed by atoms with van der Waals surface area (Å²) >= 11 is 12.1. The van der Waals surface area contributed by atoms with Crippen LogP contribution in [-0.2, 0) is 22.4 Å². The number of rotatable bonds is 23. The molecule has 6 aromatic carbocycles. The molecule has 0 radical (unpaired) electrons. The van der Waals surface area contributed by atoms with Crippen LogP contribution < -0.4 is 11.1 Å². The van der Waals surface area contributed by atoms with E-state index in [0.717, 1.165) is 179 Å². The number of primary amides is 1. The summed E-state index contributed by atoms with van der Waals surface area (Å²) in [5.41, 5.74) is 23.6. The molecule has 4 aliphatic heterocycles. The first-order valence-corrected chi connectivity index (χ1v) is 41.8. The lowest BCUT2D eigenvalue weighted by Gasteiger charge is -2.25. The molecule has 10 heterocycles. The number of aromatic nitrogens is 6. The zero-order valence-corrected chi connectivity index (χ0v) is 69.1. The number of hydrogen-bond acceptors (Lipinski definition) is 12. The summed E-state index contributed by atoms with van der Waals surface area (Å²) in [6, 6.07) is 54.3. The highest BCUT2D eigenvalue weighted by atomic mass is 35.5. The van der Waals surface area contributed by atoms with Crippen molar-refractivity contribution in [3.63, 3.8) is 0 Å². The molecule has 4 fully saturated rings. The normalized spacial score (nSPS) is 14.7. The van der Waals surface area contributed by atoms with E-state index in [1.165, 1.54) is 44.9 Å². The minimum absolute atomic E-state index is 0.000515. The Labute approximate surface area is 694 Å². The van der Waals surface area contributed by atoms with E-state index in [-0.39, 0.29) is 41.4 Å². The van der Waals surface area contributed by atoms with Crippen molar-refractivity contribution in [2.45, 2.75) is 131 Å². The third kappa shape index (κ3) is 19.8. The van der Waals surface area contributed by atoms with Crippen molar-refractivity contribution in [2.24, 2.45) is 5.73 Å². The SMILES string of the molecule is Cc1c(C(=O)CN2CCCC2)c2ccccc2n1-c1ccc(Cl)cc1.Cc1c(C(=O)CN2CCCCC2)c2ccccc2n1-c1ccc(Cl)cc1.[C-]#[N+]c1ccc(-n2c(C)c(C(=O)CN3CCCCC3)c3nc(CCC(=O)NCC)ccc32)cc1.[C-]#[N+]c1ccc(-n2c(C)c(C(=O)CN3CCCCC3)c3nc(CCC(N)=O)ccc32)cc1. The number of pyridine rings is 2. The first kappa shape index (κ1) is 83.7. The minimum Gasteiger partial charge on any atom is -0.370 e. The molecule has 16 rings (SSSR count). The monoisotopic (exact) mass is 1600 g/mol. The van der Waals surface area contributed by atoms with E-state index < -0.39 is 0 Å². The Morgan fingerprint density at radius 1 is 0.385 bits per heavy atom. The Bertz CT molecular complexity index is 5680. The van der Waals surface area contributed by atoms with Crippen molar-refractivity contribution >= 4 is 113 Å². The van der Waals surface area contributed by atoms with Gasteiger partial charge in [0.25, 0.3) is 0 Å². The average Bonchev–Trinajstić information content (AvgIpc) is 1.22. The second-order valence-corrected chi connectivity index (χ2v) is 31.7. The average molecular weight is 1610 g/mol. The van der Waals surface area contributed by atoms with Gasteiger partial charge in [0.05, 0.1) is 83.6 Å². The summed E-state index contributed by atoms with van der Waals surface area (Å²) in [6.45, 7) is 34.6. The molecule has 0 saturated carbocycles. The quantitative estimate of drug-likeness (QED) is 0.0453. The minimum atomic E-state index is -0.373. The van der Waals surface area contributed by atoms with Crippen LogP contribution in [0.25, 0.3) is 76.3 Å². The smallest absolute Gasteiger partial charge is 0.220 e. The van der Waals surface area contributed by atoms with E-state index in [2.05, 4.69) is 61.9 Å². The summed E-state index contributed by atoms with van der Waals surface area (Å²) in [4.78, 5) is 102. The summed E-state index contributed by atoms with van der Waals surface area (Å²) in [5, 5.41) is 6.30. The number of carbonyl (C=O) groups is 6. The Kier molecular flexibility index (Phi) is 28.0. The van der Waals surface area contributed by atoms with E-state index in [1.807, 2.05) is 171 Å². The van der Waals surface area contributed by atoms with Crippen LogP contribution in [-0.4, -0.2) is 168 Å². The van der Waals surface area contributed by atoms with Crippen LogP contribution in [0, 0.1) is 40.8 Å². The number of para-hydroxylation sites is 2. The Balaban J connectivity index is 0.000000136. The molecule has 12 aromatic rings. The van der Waals surface area contributed by atoms with Gasteiger partial charge in [0.1, 0.15) is 0 Å². The maximum Gasteiger partial charge on any atom is 0.220 e. The number of benzene rings is 6.